The standard InChI is InChI=1S/C9H7NOS/c12-11-9-5-6-10-8-4-2-1-3-7(8)9/h1-6,12H. The fourth-order valence-corrected chi connectivity index (χ4v) is 1.31. The van der Waals surface area contributed by atoms with E-state index in [-0.39, 0.29) is 0 Å². The van der Waals surface area contributed by atoms with Crippen LogP contribution in [0, 0.1) is 0 Å². The Labute approximate surface area is 75.8 Å². The predicted octanol–water partition coefficient (Wildman–Crippen LogP) is 2.46. The minimum absolute atomic E-state index is 0.740. The number of para-hydroxylation sites is 1. The lowest BCUT2D eigenvalue weighted by atomic mass is 10.2. The van der Waals surface area contributed by atoms with Crippen LogP contribution in [-0.4, -0.2) is 4.98 Å². The van der Waals surface area contributed by atoms with Gasteiger partial charge in [-0.15, -0.1) is 0 Å². The van der Waals surface area contributed by atoms with Gasteiger partial charge in [0.05, 0.1) is 5.52 Å². The van der Waals surface area contributed by atoms with E-state index in [1.807, 2.05) is 24.3 Å². The first-order chi connectivity index (χ1) is 5.92. The van der Waals surface area contributed by atoms with Gasteiger partial charge in [-0.3, -0.25) is 4.98 Å². The maximum atomic E-state index is 4.88. The number of pyridine rings is 1. The highest BCUT2D eigenvalue weighted by Crippen LogP contribution is 2.23. The molecule has 0 bridgehead atoms. The van der Waals surface area contributed by atoms with Crippen LogP contribution in [0.5, 0.6) is 5.75 Å². The number of hydrogen-bond acceptors (Lipinski definition) is 3. The second kappa shape index (κ2) is 3.03. The predicted molar refractivity (Wildman–Crippen MR) is 51.4 cm³/mol. The molecule has 0 fully saturated rings. The first-order valence-corrected chi connectivity index (χ1v) is 3.93. The zero-order valence-electron chi connectivity index (χ0n) is 6.27. The third-order valence-electron chi connectivity index (χ3n) is 1.71. The molecule has 0 amide bonds. The normalized spacial score (nSPS) is 10.1. The van der Waals surface area contributed by atoms with E-state index in [0.29, 0.717) is 0 Å². The van der Waals surface area contributed by atoms with Crippen molar-refractivity contribution in [2.45, 2.75) is 0 Å². The van der Waals surface area contributed by atoms with Gasteiger partial charge in [-0.05, 0) is 12.1 Å². The molecule has 60 valence electrons. The Morgan fingerprint density at radius 2 is 2.00 bits per heavy atom. The molecule has 0 aliphatic rings. The van der Waals surface area contributed by atoms with Crippen molar-refractivity contribution < 1.29 is 4.18 Å². The minimum Gasteiger partial charge on any atom is -0.428 e. The molecule has 0 aliphatic carbocycles. The lowest BCUT2D eigenvalue weighted by Gasteiger charge is -2.01. The molecule has 0 spiro atoms. The Kier molecular flexibility index (Phi) is 1.87. The molecule has 0 radical (unpaired) electrons. The first-order valence-electron chi connectivity index (χ1n) is 3.57. The van der Waals surface area contributed by atoms with Gasteiger partial charge in [-0.2, -0.15) is 0 Å². The van der Waals surface area contributed by atoms with Crippen molar-refractivity contribution in [3.63, 3.8) is 0 Å². The van der Waals surface area contributed by atoms with Gasteiger partial charge in [0.15, 0.2) is 0 Å². The molecule has 0 atom stereocenters. The average molecular weight is 177 g/mol. The molecule has 2 rings (SSSR count). The van der Waals surface area contributed by atoms with E-state index in [0.717, 1.165) is 16.7 Å². The molecule has 2 nitrogen and oxygen atoms in total. The van der Waals surface area contributed by atoms with Crippen LogP contribution in [0.4, 0.5) is 0 Å². The summed E-state index contributed by atoms with van der Waals surface area (Å²) < 4.78 is 4.88. The molecule has 1 aromatic carbocycles. The zero-order chi connectivity index (χ0) is 8.39. The summed E-state index contributed by atoms with van der Waals surface area (Å²) in [6.45, 7) is 0. The van der Waals surface area contributed by atoms with Crippen LogP contribution in [0.2, 0.25) is 0 Å². The van der Waals surface area contributed by atoms with Crippen molar-refractivity contribution in [1.82, 2.24) is 4.98 Å². The highest BCUT2D eigenvalue weighted by molar-refractivity contribution is 7.75. The van der Waals surface area contributed by atoms with Crippen LogP contribution in [0.25, 0.3) is 10.9 Å². The first kappa shape index (κ1) is 7.43. The summed E-state index contributed by atoms with van der Waals surface area (Å²) >= 11 is 3.76. The van der Waals surface area contributed by atoms with Gasteiger partial charge in [0.25, 0.3) is 0 Å². The van der Waals surface area contributed by atoms with Crippen LogP contribution in [0.15, 0.2) is 36.5 Å². The quantitative estimate of drug-likeness (QED) is 0.534. The molecular weight excluding hydrogens is 170 g/mol. The van der Waals surface area contributed by atoms with E-state index < -0.39 is 0 Å². The summed E-state index contributed by atoms with van der Waals surface area (Å²) in [5, 5.41) is 0.981. The van der Waals surface area contributed by atoms with Gasteiger partial charge < -0.3 is 4.18 Å². The third kappa shape index (κ3) is 1.12. The molecule has 2 aromatic rings. The van der Waals surface area contributed by atoms with E-state index in [4.69, 9.17) is 4.18 Å². The zero-order valence-corrected chi connectivity index (χ0v) is 7.16. The molecule has 1 aromatic heterocycles. The average Bonchev–Trinajstić information content (AvgIpc) is 2.17. The van der Waals surface area contributed by atoms with Gasteiger partial charge >= 0.3 is 0 Å². The molecule has 0 unspecified atom stereocenters. The highest BCUT2D eigenvalue weighted by Gasteiger charge is 1.99. The summed E-state index contributed by atoms with van der Waals surface area (Å²) in [5.74, 6) is 0.740. The van der Waals surface area contributed by atoms with Gasteiger partial charge in [0.2, 0.25) is 0 Å². The SMILES string of the molecule is SOc1ccnc2ccccc12. The van der Waals surface area contributed by atoms with Crippen molar-refractivity contribution in [2.75, 3.05) is 0 Å². The maximum absolute atomic E-state index is 4.88. The Balaban J connectivity index is 2.79. The van der Waals surface area contributed by atoms with Crippen molar-refractivity contribution in [3.8, 4) is 5.75 Å². The third-order valence-corrected chi connectivity index (χ3v) is 1.90. The number of thiol groups is 1. The van der Waals surface area contributed by atoms with E-state index in [1.165, 1.54) is 0 Å². The van der Waals surface area contributed by atoms with Crippen LogP contribution in [0.3, 0.4) is 0 Å². The van der Waals surface area contributed by atoms with Gasteiger partial charge in [-0.25, -0.2) is 0 Å². The van der Waals surface area contributed by atoms with Crippen molar-refractivity contribution in [1.29, 1.82) is 0 Å². The van der Waals surface area contributed by atoms with Crippen LogP contribution in [0.1, 0.15) is 0 Å². The van der Waals surface area contributed by atoms with Crippen LogP contribution >= 0.6 is 12.9 Å². The molecule has 3 heteroatoms. The molecule has 0 saturated carbocycles. The summed E-state index contributed by atoms with van der Waals surface area (Å²) in [6.07, 6.45) is 1.70. The van der Waals surface area contributed by atoms with Gasteiger partial charge in [0, 0.05) is 30.6 Å². The van der Waals surface area contributed by atoms with Crippen molar-refractivity contribution in [2.24, 2.45) is 0 Å². The largest absolute Gasteiger partial charge is 0.428 e. The fraction of sp³-hybridized carbons (Fsp3) is 0. The number of nitrogens with zero attached hydrogens (tertiary/aromatic N) is 1. The molecule has 0 N–H and O–H groups in total. The molecular formula is C9H7NOS. The molecule has 0 aliphatic heterocycles. The van der Waals surface area contributed by atoms with Gasteiger partial charge in [-0.1, -0.05) is 12.1 Å². The lowest BCUT2D eigenvalue weighted by Crippen LogP contribution is -1.81. The summed E-state index contributed by atoms with van der Waals surface area (Å²) in [6, 6.07) is 9.56. The van der Waals surface area contributed by atoms with Gasteiger partial charge in [0.1, 0.15) is 5.75 Å². The van der Waals surface area contributed by atoms with Crippen molar-refractivity contribution in [3.05, 3.63) is 36.5 Å². The molecule has 0 saturated heterocycles. The van der Waals surface area contributed by atoms with E-state index in [1.54, 1.807) is 12.3 Å². The number of rotatable bonds is 1. The summed E-state index contributed by atoms with van der Waals surface area (Å²) in [5.41, 5.74) is 0.920. The second-order valence-electron chi connectivity index (χ2n) is 2.42. The summed E-state index contributed by atoms with van der Waals surface area (Å²) in [7, 11) is 0. The number of fused-ring (bicyclic) bond motifs is 1. The van der Waals surface area contributed by atoms with E-state index in [9.17, 15) is 0 Å². The highest BCUT2D eigenvalue weighted by atomic mass is 32.1. The maximum Gasteiger partial charge on any atom is 0.147 e. The van der Waals surface area contributed by atoms with E-state index >= 15 is 0 Å². The van der Waals surface area contributed by atoms with Crippen LogP contribution in [-0.2, 0) is 0 Å². The Morgan fingerprint density at radius 3 is 2.83 bits per heavy atom. The topological polar surface area (TPSA) is 22.1 Å². The number of aromatic nitrogens is 1. The molecule has 12 heavy (non-hydrogen) atoms. The minimum atomic E-state index is 0.740. The summed E-state index contributed by atoms with van der Waals surface area (Å²) in [4.78, 5) is 4.18. The van der Waals surface area contributed by atoms with E-state index in [2.05, 4.69) is 17.9 Å². The molecule has 1 heterocycles. The Morgan fingerprint density at radius 1 is 1.17 bits per heavy atom. The fourth-order valence-electron chi connectivity index (χ4n) is 1.15. The monoisotopic (exact) mass is 177 g/mol. The van der Waals surface area contributed by atoms with Crippen molar-refractivity contribution >= 4 is 23.8 Å². The second-order valence-corrected chi connectivity index (χ2v) is 2.60. The Hall–Kier alpha value is -1.22. The number of benzene rings is 1. The Bertz CT molecular complexity index is 397. The lowest BCUT2D eigenvalue weighted by molar-refractivity contribution is 0.666. The van der Waals surface area contributed by atoms with Crippen LogP contribution < -0.4 is 4.18 Å². The number of hydrogen-bond donors (Lipinski definition) is 1. The smallest absolute Gasteiger partial charge is 0.147 e.